The van der Waals surface area contributed by atoms with Gasteiger partial charge < -0.3 is 15.2 Å². The van der Waals surface area contributed by atoms with Crippen molar-refractivity contribution >= 4 is 49.4 Å². The average Bonchev–Trinajstić information content (AvgIpc) is 2.37. The molecular weight excluding hydrogens is 382 g/mol. The summed E-state index contributed by atoms with van der Waals surface area (Å²) in [6.07, 6.45) is 0. The quantitative estimate of drug-likeness (QED) is 0.752. The number of anilines is 1. The van der Waals surface area contributed by atoms with Gasteiger partial charge in [-0.3, -0.25) is 9.59 Å². The molecule has 0 saturated heterocycles. The lowest BCUT2D eigenvalue weighted by Crippen LogP contribution is -2.34. The zero-order valence-electron chi connectivity index (χ0n) is 10.3. The number of benzene rings is 1. The monoisotopic (exact) mass is 393 g/mol. The number of carbonyl (C=O) groups is 2. The van der Waals surface area contributed by atoms with Crippen molar-refractivity contribution < 1.29 is 19.4 Å². The molecule has 0 spiro atoms. The Bertz CT molecular complexity index is 493. The first-order valence-corrected chi connectivity index (χ1v) is 7.16. The lowest BCUT2D eigenvalue weighted by atomic mass is 10.2. The Kier molecular flexibility index (Phi) is 5.81. The number of hydrogen-bond donors (Lipinski definition) is 2. The number of carboxylic acid groups (broad SMARTS) is 1. The van der Waals surface area contributed by atoms with Crippen molar-refractivity contribution in [3.63, 3.8) is 0 Å². The number of carbonyl (C=O) groups excluding carboxylic acids is 1. The summed E-state index contributed by atoms with van der Waals surface area (Å²) in [4.78, 5) is 20.8. The highest BCUT2D eigenvalue weighted by Gasteiger charge is 2.29. The first kappa shape index (κ1) is 16.0. The van der Waals surface area contributed by atoms with Crippen LogP contribution in [0.4, 0.5) is 5.69 Å². The number of amides is 1. The van der Waals surface area contributed by atoms with Crippen molar-refractivity contribution in [3.8, 4) is 5.75 Å². The number of halogens is 2. The third kappa shape index (κ3) is 4.21. The molecule has 0 aliphatic heterocycles. The molecule has 1 amide bonds. The van der Waals surface area contributed by atoms with E-state index in [9.17, 15) is 9.59 Å². The van der Waals surface area contributed by atoms with Gasteiger partial charge in [-0.15, -0.1) is 0 Å². The summed E-state index contributed by atoms with van der Waals surface area (Å²) in [5.41, 5.74) is 1.46. The van der Waals surface area contributed by atoms with E-state index in [2.05, 4.69) is 37.2 Å². The maximum absolute atomic E-state index is 11.9. The molecule has 0 saturated carbocycles. The van der Waals surface area contributed by atoms with Gasteiger partial charge >= 0.3 is 5.97 Å². The number of alkyl halides is 2. The van der Waals surface area contributed by atoms with Gasteiger partial charge in [0, 0.05) is 0 Å². The molecule has 5 nitrogen and oxygen atoms in total. The normalized spacial score (nSPS) is 13.5. The molecule has 0 radical (unpaired) electrons. The topological polar surface area (TPSA) is 75.6 Å². The minimum Gasteiger partial charge on any atom is -0.495 e. The molecule has 0 unspecified atom stereocenters. The van der Waals surface area contributed by atoms with E-state index >= 15 is 0 Å². The van der Waals surface area contributed by atoms with Crippen LogP contribution in [0.2, 0.25) is 0 Å². The second kappa shape index (κ2) is 6.91. The van der Waals surface area contributed by atoms with Crippen molar-refractivity contribution in [2.75, 3.05) is 12.4 Å². The van der Waals surface area contributed by atoms with Crippen molar-refractivity contribution in [3.05, 3.63) is 23.8 Å². The standard InChI is InChI=1S/C12H13Br2NO4/c1-6-3-4-8(19-2)7(5-6)15-11(16)9(13)10(14)12(17)18/h3-5,9-10H,1-2H3,(H,15,16)(H,17,18)/t9-,10+/m1/s1. The third-order valence-electron chi connectivity index (χ3n) is 2.36. The summed E-state index contributed by atoms with van der Waals surface area (Å²) in [6, 6.07) is 5.34. The Hall–Kier alpha value is -1.08. The number of nitrogens with one attached hydrogen (secondary N) is 1. The smallest absolute Gasteiger partial charge is 0.318 e. The maximum Gasteiger partial charge on any atom is 0.318 e. The first-order chi connectivity index (χ1) is 8.86. The largest absolute Gasteiger partial charge is 0.495 e. The van der Waals surface area contributed by atoms with Crippen LogP contribution in [0.5, 0.6) is 5.75 Å². The van der Waals surface area contributed by atoms with Crippen LogP contribution < -0.4 is 10.1 Å². The van der Waals surface area contributed by atoms with Crippen LogP contribution in [-0.2, 0) is 9.59 Å². The molecule has 0 bridgehead atoms. The van der Waals surface area contributed by atoms with Crippen LogP contribution in [-0.4, -0.2) is 33.7 Å². The van der Waals surface area contributed by atoms with E-state index in [0.29, 0.717) is 11.4 Å². The summed E-state index contributed by atoms with van der Waals surface area (Å²) in [5.74, 6) is -1.07. The number of methoxy groups -OCH3 is 1. The van der Waals surface area contributed by atoms with E-state index in [0.717, 1.165) is 5.56 Å². The summed E-state index contributed by atoms with van der Waals surface area (Å²) in [6.45, 7) is 1.88. The van der Waals surface area contributed by atoms with Gasteiger partial charge in [-0.05, 0) is 24.6 Å². The van der Waals surface area contributed by atoms with E-state index in [4.69, 9.17) is 9.84 Å². The van der Waals surface area contributed by atoms with E-state index < -0.39 is 21.5 Å². The van der Waals surface area contributed by atoms with Crippen molar-refractivity contribution in [1.82, 2.24) is 0 Å². The molecule has 1 aromatic carbocycles. The molecule has 0 heterocycles. The van der Waals surface area contributed by atoms with Crippen LogP contribution in [0, 0.1) is 6.92 Å². The Balaban J connectivity index is 2.87. The lowest BCUT2D eigenvalue weighted by molar-refractivity contribution is -0.137. The zero-order chi connectivity index (χ0) is 14.6. The Labute approximate surface area is 127 Å². The number of hydrogen-bond acceptors (Lipinski definition) is 3. The molecule has 19 heavy (non-hydrogen) atoms. The van der Waals surface area contributed by atoms with E-state index in [1.807, 2.05) is 13.0 Å². The summed E-state index contributed by atoms with van der Waals surface area (Å²) in [5, 5.41) is 11.5. The predicted molar refractivity (Wildman–Crippen MR) is 79.4 cm³/mol. The molecule has 2 atom stereocenters. The fraction of sp³-hybridized carbons (Fsp3) is 0.333. The highest BCUT2D eigenvalue weighted by atomic mass is 79.9. The number of rotatable bonds is 5. The van der Waals surface area contributed by atoms with Crippen LogP contribution in [0.3, 0.4) is 0 Å². The van der Waals surface area contributed by atoms with Gasteiger partial charge in [0.15, 0.2) is 0 Å². The fourth-order valence-electron chi connectivity index (χ4n) is 1.38. The Morgan fingerprint density at radius 1 is 1.32 bits per heavy atom. The van der Waals surface area contributed by atoms with Crippen LogP contribution in [0.1, 0.15) is 5.56 Å². The first-order valence-electron chi connectivity index (χ1n) is 5.33. The Morgan fingerprint density at radius 3 is 2.47 bits per heavy atom. The van der Waals surface area contributed by atoms with Gasteiger partial charge in [-0.25, -0.2) is 0 Å². The van der Waals surface area contributed by atoms with Gasteiger partial charge in [0.2, 0.25) is 5.91 Å². The van der Waals surface area contributed by atoms with E-state index in [1.165, 1.54) is 7.11 Å². The van der Waals surface area contributed by atoms with Crippen LogP contribution in [0.15, 0.2) is 18.2 Å². The van der Waals surface area contributed by atoms with Gasteiger partial charge in [0.05, 0.1) is 12.8 Å². The number of aliphatic carboxylic acids is 1. The molecule has 1 aromatic rings. The van der Waals surface area contributed by atoms with Crippen molar-refractivity contribution in [1.29, 1.82) is 0 Å². The van der Waals surface area contributed by atoms with Crippen LogP contribution >= 0.6 is 31.9 Å². The SMILES string of the molecule is COc1ccc(C)cc1NC(=O)[C@H](Br)[C@H](Br)C(=O)O. The second-order valence-corrected chi connectivity index (χ2v) is 5.81. The average molecular weight is 395 g/mol. The van der Waals surface area contributed by atoms with E-state index in [-0.39, 0.29) is 0 Å². The van der Waals surface area contributed by atoms with E-state index in [1.54, 1.807) is 12.1 Å². The van der Waals surface area contributed by atoms with Crippen molar-refractivity contribution in [2.45, 2.75) is 16.6 Å². The van der Waals surface area contributed by atoms with Crippen LogP contribution in [0.25, 0.3) is 0 Å². The van der Waals surface area contributed by atoms with Crippen molar-refractivity contribution in [2.24, 2.45) is 0 Å². The summed E-state index contributed by atoms with van der Waals surface area (Å²) in [7, 11) is 1.50. The highest BCUT2D eigenvalue weighted by Crippen LogP contribution is 2.26. The molecule has 0 aliphatic rings. The minimum absolute atomic E-state index is 0.465. The van der Waals surface area contributed by atoms with Gasteiger partial charge in [0.25, 0.3) is 0 Å². The zero-order valence-corrected chi connectivity index (χ0v) is 13.5. The molecule has 0 aliphatic carbocycles. The third-order valence-corrected chi connectivity index (χ3v) is 4.93. The summed E-state index contributed by atoms with van der Waals surface area (Å²) >= 11 is 5.98. The van der Waals surface area contributed by atoms with Gasteiger partial charge in [-0.1, -0.05) is 37.9 Å². The molecule has 7 heteroatoms. The molecule has 2 N–H and O–H groups in total. The molecular formula is C12H13Br2NO4. The van der Waals surface area contributed by atoms with Gasteiger partial charge in [0.1, 0.15) is 15.4 Å². The Morgan fingerprint density at radius 2 is 1.95 bits per heavy atom. The molecule has 0 aromatic heterocycles. The number of aryl methyl sites for hydroxylation is 1. The predicted octanol–water partition coefficient (Wildman–Crippen LogP) is 2.55. The minimum atomic E-state index is -1.12. The second-order valence-electron chi connectivity index (χ2n) is 3.83. The maximum atomic E-state index is 11.9. The number of carboxylic acids is 1. The number of ether oxygens (including phenoxy) is 1. The molecule has 0 fully saturated rings. The molecule has 1 rings (SSSR count). The highest BCUT2D eigenvalue weighted by molar-refractivity contribution is 9.12. The van der Waals surface area contributed by atoms with Gasteiger partial charge in [-0.2, -0.15) is 0 Å². The summed E-state index contributed by atoms with van der Waals surface area (Å²) < 4.78 is 5.13. The molecule has 104 valence electrons. The lowest BCUT2D eigenvalue weighted by Gasteiger charge is -2.15. The fourth-order valence-corrected chi connectivity index (χ4v) is 1.96.